The molecular formula is C25H34N2O3. The van der Waals surface area contributed by atoms with Crippen LogP contribution < -0.4 is 4.90 Å². The molecule has 0 saturated carbocycles. The Balaban J connectivity index is 1.64. The highest BCUT2D eigenvalue weighted by Gasteiger charge is 2.23. The van der Waals surface area contributed by atoms with E-state index in [1.807, 2.05) is 73.6 Å². The molecule has 0 aromatic heterocycles. The Morgan fingerprint density at radius 1 is 1.03 bits per heavy atom. The van der Waals surface area contributed by atoms with Gasteiger partial charge in [0, 0.05) is 38.3 Å². The van der Waals surface area contributed by atoms with E-state index in [1.54, 1.807) is 0 Å². The smallest absolute Gasteiger partial charge is 0.191 e. The molecule has 162 valence electrons. The topological polar surface area (TPSA) is 53.0 Å². The molecule has 1 aliphatic rings. The number of likely N-dealkylation sites (tertiary alicyclic amines) is 1. The van der Waals surface area contributed by atoms with Gasteiger partial charge in [0.2, 0.25) is 0 Å². The zero-order valence-electron chi connectivity index (χ0n) is 18.2. The lowest BCUT2D eigenvalue weighted by atomic mass is 9.99. The van der Waals surface area contributed by atoms with Crippen molar-refractivity contribution in [2.24, 2.45) is 0 Å². The summed E-state index contributed by atoms with van der Waals surface area (Å²) in [5, 5.41) is 10.5. The van der Waals surface area contributed by atoms with Crippen molar-refractivity contribution >= 4 is 11.5 Å². The zero-order chi connectivity index (χ0) is 21.3. The number of piperidine rings is 1. The average molecular weight is 411 g/mol. The Kier molecular flexibility index (Phi) is 8.43. The maximum atomic E-state index is 13.1. The Morgan fingerprint density at radius 2 is 1.70 bits per heavy atom. The summed E-state index contributed by atoms with van der Waals surface area (Å²) in [7, 11) is 4.01. The van der Waals surface area contributed by atoms with E-state index in [-0.39, 0.29) is 12.4 Å². The lowest BCUT2D eigenvalue weighted by molar-refractivity contribution is -0.0151. The fourth-order valence-corrected chi connectivity index (χ4v) is 3.88. The van der Waals surface area contributed by atoms with Gasteiger partial charge < -0.3 is 19.6 Å². The molecular weight excluding hydrogens is 376 g/mol. The van der Waals surface area contributed by atoms with Crippen LogP contribution >= 0.6 is 0 Å². The quantitative estimate of drug-likeness (QED) is 0.609. The molecule has 2 aromatic carbocycles. The van der Waals surface area contributed by atoms with Crippen LogP contribution in [0.25, 0.3) is 0 Å². The number of carbonyl (C=O) groups is 1. The first-order chi connectivity index (χ1) is 14.5. The van der Waals surface area contributed by atoms with E-state index in [9.17, 15) is 9.90 Å². The monoisotopic (exact) mass is 410 g/mol. The summed E-state index contributed by atoms with van der Waals surface area (Å²) in [6, 6.07) is 17.4. The summed E-state index contributed by atoms with van der Waals surface area (Å²) in [5.74, 6) is -0.0440. The van der Waals surface area contributed by atoms with Gasteiger partial charge in [0.05, 0.1) is 12.7 Å². The summed E-state index contributed by atoms with van der Waals surface area (Å²) in [5.41, 5.74) is 2.79. The standard InChI is InChI=1S/C25H34N2O3/c1-26(2)22-13-11-20(12-14-22)17-24(25(29)21-9-5-3-6-10-21)30-19-23(28)18-27-15-7-4-8-16-27/h3,5-6,9-14,23-24,28H,4,7-8,15-19H2,1-2H3. The molecule has 30 heavy (non-hydrogen) atoms. The van der Waals surface area contributed by atoms with Crippen LogP contribution in [0.5, 0.6) is 0 Å². The van der Waals surface area contributed by atoms with Gasteiger partial charge in [0.25, 0.3) is 0 Å². The number of Topliss-reactive ketones (excluding diaryl/α,β-unsaturated/α-hetero) is 1. The number of hydrogen-bond acceptors (Lipinski definition) is 5. The molecule has 0 aliphatic carbocycles. The molecule has 1 fully saturated rings. The Morgan fingerprint density at radius 3 is 2.33 bits per heavy atom. The molecule has 2 unspecified atom stereocenters. The van der Waals surface area contributed by atoms with Crippen molar-refractivity contribution in [2.75, 3.05) is 45.2 Å². The summed E-state index contributed by atoms with van der Waals surface area (Å²) >= 11 is 0. The van der Waals surface area contributed by atoms with Gasteiger partial charge in [-0.1, -0.05) is 48.9 Å². The number of hydrogen-bond donors (Lipinski definition) is 1. The molecule has 0 radical (unpaired) electrons. The highest BCUT2D eigenvalue weighted by Crippen LogP contribution is 2.17. The molecule has 2 atom stereocenters. The molecule has 5 nitrogen and oxygen atoms in total. The summed E-state index contributed by atoms with van der Waals surface area (Å²) in [6.07, 6.45) is 2.91. The third-order valence-electron chi connectivity index (χ3n) is 5.63. The molecule has 3 rings (SSSR count). The van der Waals surface area contributed by atoms with Crippen LogP contribution in [0.1, 0.15) is 35.2 Å². The summed E-state index contributed by atoms with van der Waals surface area (Å²) < 4.78 is 6.01. The molecule has 1 saturated heterocycles. The van der Waals surface area contributed by atoms with Gasteiger partial charge >= 0.3 is 0 Å². The molecule has 5 heteroatoms. The lowest BCUT2D eigenvalue weighted by Crippen LogP contribution is -2.39. The van der Waals surface area contributed by atoms with Gasteiger partial charge in [-0.3, -0.25) is 4.79 Å². The minimum Gasteiger partial charge on any atom is -0.389 e. The number of benzene rings is 2. The van der Waals surface area contributed by atoms with Crippen LogP contribution in [-0.2, 0) is 11.2 Å². The van der Waals surface area contributed by atoms with E-state index in [0.717, 1.165) is 24.3 Å². The minimum atomic E-state index is -0.617. The van der Waals surface area contributed by atoms with Crippen LogP contribution in [0.4, 0.5) is 5.69 Å². The van der Waals surface area contributed by atoms with Crippen LogP contribution in [0.3, 0.4) is 0 Å². The summed E-state index contributed by atoms with van der Waals surface area (Å²) in [4.78, 5) is 17.4. The van der Waals surface area contributed by atoms with Gasteiger partial charge in [-0.2, -0.15) is 0 Å². The number of carbonyl (C=O) groups excluding carboxylic acids is 1. The predicted octanol–water partition coefficient (Wildman–Crippen LogP) is 3.41. The Labute approximate surface area is 180 Å². The van der Waals surface area contributed by atoms with Crippen LogP contribution in [0.2, 0.25) is 0 Å². The molecule has 0 amide bonds. The van der Waals surface area contributed by atoms with Crippen molar-refractivity contribution in [2.45, 2.75) is 37.9 Å². The van der Waals surface area contributed by atoms with Crippen molar-refractivity contribution < 1.29 is 14.6 Å². The average Bonchev–Trinajstić information content (AvgIpc) is 2.77. The lowest BCUT2D eigenvalue weighted by Gasteiger charge is -2.29. The van der Waals surface area contributed by atoms with Gasteiger partial charge in [-0.05, 0) is 43.6 Å². The first kappa shape index (κ1) is 22.5. The highest BCUT2D eigenvalue weighted by atomic mass is 16.5. The molecule has 1 N–H and O–H groups in total. The normalized spacial score (nSPS) is 16.8. The SMILES string of the molecule is CN(C)c1ccc(CC(OCC(O)CN2CCCCC2)C(=O)c2ccccc2)cc1. The van der Waals surface area contributed by atoms with Crippen molar-refractivity contribution in [3.8, 4) is 0 Å². The molecule has 0 bridgehead atoms. The molecule has 1 heterocycles. The summed E-state index contributed by atoms with van der Waals surface area (Å²) in [6.45, 7) is 2.82. The third kappa shape index (κ3) is 6.66. The second-order valence-corrected chi connectivity index (χ2v) is 8.33. The van der Waals surface area contributed by atoms with E-state index in [0.29, 0.717) is 18.5 Å². The molecule has 2 aromatic rings. The second kappa shape index (κ2) is 11.3. The first-order valence-electron chi connectivity index (χ1n) is 10.9. The van der Waals surface area contributed by atoms with Crippen molar-refractivity contribution in [3.05, 3.63) is 65.7 Å². The number of nitrogens with zero attached hydrogens (tertiary/aromatic N) is 2. The minimum absolute atomic E-state index is 0.0440. The van der Waals surface area contributed by atoms with Gasteiger partial charge in [-0.15, -0.1) is 0 Å². The second-order valence-electron chi connectivity index (χ2n) is 8.33. The van der Waals surface area contributed by atoms with E-state index < -0.39 is 12.2 Å². The van der Waals surface area contributed by atoms with Gasteiger partial charge in [0.15, 0.2) is 5.78 Å². The first-order valence-corrected chi connectivity index (χ1v) is 10.9. The fourth-order valence-electron chi connectivity index (χ4n) is 3.88. The number of β-amino-alcohol motifs (C(OH)–C–C–N with tert-alkyl or cyclic N) is 1. The van der Waals surface area contributed by atoms with Crippen molar-refractivity contribution in [1.29, 1.82) is 0 Å². The van der Waals surface area contributed by atoms with E-state index >= 15 is 0 Å². The number of anilines is 1. The Bertz CT molecular complexity index is 771. The number of aliphatic hydroxyl groups excluding tert-OH is 1. The van der Waals surface area contributed by atoms with Crippen molar-refractivity contribution in [1.82, 2.24) is 4.90 Å². The maximum absolute atomic E-state index is 13.1. The zero-order valence-corrected chi connectivity index (χ0v) is 18.2. The van der Waals surface area contributed by atoms with E-state index in [1.165, 1.54) is 19.3 Å². The largest absolute Gasteiger partial charge is 0.389 e. The van der Waals surface area contributed by atoms with Crippen molar-refractivity contribution in [3.63, 3.8) is 0 Å². The fraction of sp³-hybridized carbons (Fsp3) is 0.480. The number of rotatable bonds is 10. The van der Waals surface area contributed by atoms with E-state index in [4.69, 9.17) is 4.74 Å². The molecule has 0 spiro atoms. The predicted molar refractivity (Wildman–Crippen MR) is 121 cm³/mol. The number of aliphatic hydroxyl groups is 1. The van der Waals surface area contributed by atoms with Gasteiger partial charge in [-0.25, -0.2) is 0 Å². The van der Waals surface area contributed by atoms with Crippen LogP contribution in [0.15, 0.2) is 54.6 Å². The Hall–Kier alpha value is -2.21. The molecule has 1 aliphatic heterocycles. The van der Waals surface area contributed by atoms with Crippen LogP contribution in [0, 0.1) is 0 Å². The number of ketones is 1. The van der Waals surface area contributed by atoms with E-state index in [2.05, 4.69) is 4.90 Å². The maximum Gasteiger partial charge on any atom is 0.191 e. The third-order valence-corrected chi connectivity index (χ3v) is 5.63. The van der Waals surface area contributed by atoms with Gasteiger partial charge in [0.1, 0.15) is 6.10 Å². The highest BCUT2D eigenvalue weighted by molar-refractivity contribution is 5.99. The number of ether oxygens (including phenoxy) is 1. The van der Waals surface area contributed by atoms with Crippen LogP contribution in [-0.4, -0.2) is 68.3 Å².